The molecule has 27 heavy (non-hydrogen) atoms. The number of fused-ring (bicyclic) bond motifs is 1. The number of hydrogen-bond acceptors (Lipinski definition) is 8. The molecule has 2 bridgehead atoms. The number of hydrogen-bond donors (Lipinski definition) is 1. The molecular weight excluding hydrogens is 360 g/mol. The normalized spacial score (nSPS) is 34.1. The number of ether oxygens (including phenoxy) is 4. The number of rotatable bonds is 8. The Morgan fingerprint density at radius 3 is 2.59 bits per heavy atom. The van der Waals surface area contributed by atoms with Gasteiger partial charge in [-0.05, 0) is 26.7 Å². The summed E-state index contributed by atoms with van der Waals surface area (Å²) < 4.78 is 21.2. The average Bonchev–Trinajstić information content (AvgIpc) is 3.18. The Labute approximate surface area is 155 Å². The van der Waals surface area contributed by atoms with Gasteiger partial charge in [0.1, 0.15) is 24.0 Å². The molecule has 3 saturated heterocycles. The number of carbonyl (C=O) groups is 4. The van der Waals surface area contributed by atoms with E-state index in [4.69, 9.17) is 18.9 Å². The van der Waals surface area contributed by atoms with Gasteiger partial charge >= 0.3 is 23.9 Å². The first-order valence-corrected chi connectivity index (χ1v) is 8.85. The van der Waals surface area contributed by atoms with Gasteiger partial charge in [0, 0.05) is 12.0 Å². The van der Waals surface area contributed by atoms with Crippen LogP contribution in [0.5, 0.6) is 0 Å². The number of carbonyl (C=O) groups excluding carboxylic acids is 3. The summed E-state index contributed by atoms with van der Waals surface area (Å²) in [5.74, 6) is -4.72. The molecule has 7 atom stereocenters. The Bertz CT molecular complexity index is 684. The highest BCUT2D eigenvalue weighted by Crippen LogP contribution is 2.51. The lowest BCUT2D eigenvalue weighted by Gasteiger charge is -2.26. The maximum atomic E-state index is 12.1. The molecule has 0 aliphatic carbocycles. The second-order valence-electron chi connectivity index (χ2n) is 7.20. The predicted molar refractivity (Wildman–Crippen MR) is 87.3 cm³/mol. The van der Waals surface area contributed by atoms with E-state index >= 15 is 0 Å². The third-order valence-electron chi connectivity index (χ3n) is 5.11. The van der Waals surface area contributed by atoms with Crippen molar-refractivity contribution in [2.24, 2.45) is 11.8 Å². The van der Waals surface area contributed by atoms with E-state index in [9.17, 15) is 24.3 Å². The van der Waals surface area contributed by atoms with Crippen molar-refractivity contribution in [1.82, 2.24) is 0 Å². The highest BCUT2D eigenvalue weighted by molar-refractivity contribution is 5.87. The Balaban J connectivity index is 1.49. The zero-order valence-electron chi connectivity index (χ0n) is 15.1. The Morgan fingerprint density at radius 2 is 1.96 bits per heavy atom. The minimum absolute atomic E-state index is 0.0602. The van der Waals surface area contributed by atoms with Crippen LogP contribution in [0, 0.1) is 11.8 Å². The largest absolute Gasteiger partial charge is 0.481 e. The zero-order chi connectivity index (χ0) is 19.9. The number of carboxylic acids is 1. The third-order valence-corrected chi connectivity index (χ3v) is 5.11. The summed E-state index contributed by atoms with van der Waals surface area (Å²) in [6, 6.07) is 0. The van der Waals surface area contributed by atoms with E-state index in [1.807, 2.05) is 0 Å². The molecule has 0 saturated carbocycles. The summed E-state index contributed by atoms with van der Waals surface area (Å²) in [6.07, 6.45) is -2.66. The molecule has 3 fully saturated rings. The van der Waals surface area contributed by atoms with Crippen LogP contribution >= 0.6 is 0 Å². The van der Waals surface area contributed by atoms with E-state index in [0.717, 1.165) is 0 Å². The van der Waals surface area contributed by atoms with Crippen molar-refractivity contribution >= 4 is 23.9 Å². The lowest BCUT2D eigenvalue weighted by atomic mass is 9.78. The van der Waals surface area contributed by atoms with Crippen LogP contribution in [-0.2, 0) is 38.1 Å². The maximum Gasteiger partial charge on any atom is 0.333 e. The Kier molecular flexibility index (Phi) is 5.23. The molecule has 0 aromatic carbocycles. The molecule has 0 aromatic rings. The van der Waals surface area contributed by atoms with Crippen molar-refractivity contribution in [1.29, 1.82) is 0 Å². The van der Waals surface area contributed by atoms with Gasteiger partial charge in [0.15, 0.2) is 12.2 Å². The third kappa shape index (κ3) is 3.55. The highest BCUT2D eigenvalue weighted by Gasteiger charge is 2.71. The molecule has 9 nitrogen and oxygen atoms in total. The first kappa shape index (κ1) is 19.3. The van der Waals surface area contributed by atoms with Crippen LogP contribution in [0.15, 0.2) is 12.2 Å². The van der Waals surface area contributed by atoms with Crippen molar-refractivity contribution in [3.05, 3.63) is 12.2 Å². The quantitative estimate of drug-likeness (QED) is 0.365. The van der Waals surface area contributed by atoms with E-state index in [-0.39, 0.29) is 12.5 Å². The van der Waals surface area contributed by atoms with E-state index in [2.05, 4.69) is 6.58 Å². The van der Waals surface area contributed by atoms with E-state index in [0.29, 0.717) is 18.4 Å². The van der Waals surface area contributed by atoms with Crippen molar-refractivity contribution in [2.45, 2.75) is 63.6 Å². The number of aliphatic carboxylic acids is 1. The van der Waals surface area contributed by atoms with Gasteiger partial charge in [-0.2, -0.15) is 0 Å². The van der Waals surface area contributed by atoms with Crippen LogP contribution in [0.2, 0.25) is 0 Å². The molecule has 3 heterocycles. The summed E-state index contributed by atoms with van der Waals surface area (Å²) >= 11 is 0. The topological polar surface area (TPSA) is 125 Å². The van der Waals surface area contributed by atoms with Gasteiger partial charge in [0.2, 0.25) is 0 Å². The lowest BCUT2D eigenvalue weighted by Crippen LogP contribution is -2.47. The molecule has 7 unspecified atom stereocenters. The van der Waals surface area contributed by atoms with Crippen LogP contribution in [0.25, 0.3) is 0 Å². The standard InChI is InChI=1S/C18H22O9/c1-7(2)17(22)24-8(3)5-4-6-9(19)25-14-12-10(16(20)21)11-13(26-12)15(14)27-18(11)23/h8,10-15H,1,4-6H2,2-3H3,(H,20,21). The summed E-state index contributed by atoms with van der Waals surface area (Å²) in [5.41, 5.74) is 0.301. The maximum absolute atomic E-state index is 12.1. The van der Waals surface area contributed by atoms with Crippen LogP contribution in [0.3, 0.4) is 0 Å². The summed E-state index contributed by atoms with van der Waals surface area (Å²) in [6.45, 7) is 6.76. The molecule has 1 N–H and O–H groups in total. The second kappa shape index (κ2) is 7.30. The molecule has 148 valence electrons. The molecule has 3 aliphatic rings. The van der Waals surface area contributed by atoms with Gasteiger partial charge in [-0.3, -0.25) is 14.4 Å². The first-order chi connectivity index (χ1) is 12.7. The Hall–Kier alpha value is -2.42. The van der Waals surface area contributed by atoms with E-state index in [1.165, 1.54) is 0 Å². The van der Waals surface area contributed by atoms with E-state index < -0.39 is 60.1 Å². The van der Waals surface area contributed by atoms with E-state index in [1.54, 1.807) is 13.8 Å². The fourth-order valence-corrected chi connectivity index (χ4v) is 3.84. The van der Waals surface area contributed by atoms with Crippen LogP contribution in [-0.4, -0.2) is 59.5 Å². The van der Waals surface area contributed by atoms with Crippen LogP contribution < -0.4 is 0 Å². The minimum Gasteiger partial charge on any atom is -0.481 e. The molecule has 0 aromatic heterocycles. The SMILES string of the molecule is C=C(C)C(=O)OC(C)CCCC(=O)OC1C2OC(=O)C3C2OC1C3C(=O)O. The summed E-state index contributed by atoms with van der Waals surface area (Å²) in [4.78, 5) is 46.9. The first-order valence-electron chi connectivity index (χ1n) is 8.85. The molecular formula is C18H22O9. The zero-order valence-corrected chi connectivity index (χ0v) is 15.1. The highest BCUT2D eigenvalue weighted by atomic mass is 16.7. The number of esters is 3. The van der Waals surface area contributed by atoms with Gasteiger partial charge in [-0.15, -0.1) is 0 Å². The minimum atomic E-state index is -1.17. The fraction of sp³-hybridized carbons (Fsp3) is 0.667. The monoisotopic (exact) mass is 382 g/mol. The summed E-state index contributed by atoms with van der Waals surface area (Å²) in [7, 11) is 0. The predicted octanol–water partition coefficient (Wildman–Crippen LogP) is 0.600. The Morgan fingerprint density at radius 1 is 1.26 bits per heavy atom. The van der Waals surface area contributed by atoms with Gasteiger partial charge in [0.05, 0.1) is 6.10 Å². The van der Waals surface area contributed by atoms with Crippen molar-refractivity contribution in [3.63, 3.8) is 0 Å². The molecule has 3 aliphatic heterocycles. The van der Waals surface area contributed by atoms with Crippen LogP contribution in [0.1, 0.15) is 33.1 Å². The lowest BCUT2D eigenvalue weighted by molar-refractivity contribution is -0.162. The molecule has 0 amide bonds. The smallest absolute Gasteiger partial charge is 0.333 e. The fourth-order valence-electron chi connectivity index (χ4n) is 3.84. The molecule has 9 heteroatoms. The van der Waals surface area contributed by atoms with Gasteiger partial charge in [-0.25, -0.2) is 4.79 Å². The van der Waals surface area contributed by atoms with Crippen molar-refractivity contribution in [2.75, 3.05) is 0 Å². The van der Waals surface area contributed by atoms with Crippen molar-refractivity contribution in [3.8, 4) is 0 Å². The second-order valence-corrected chi connectivity index (χ2v) is 7.20. The number of carboxylic acid groups (broad SMARTS) is 1. The summed E-state index contributed by atoms with van der Waals surface area (Å²) in [5, 5.41) is 9.36. The van der Waals surface area contributed by atoms with Crippen molar-refractivity contribution < 1.29 is 43.2 Å². The van der Waals surface area contributed by atoms with Crippen LogP contribution in [0.4, 0.5) is 0 Å². The van der Waals surface area contributed by atoms with Gasteiger partial charge in [-0.1, -0.05) is 6.58 Å². The molecule has 0 spiro atoms. The molecule has 3 rings (SSSR count). The van der Waals surface area contributed by atoms with Gasteiger partial charge < -0.3 is 24.1 Å². The van der Waals surface area contributed by atoms with Gasteiger partial charge in [0.25, 0.3) is 0 Å². The molecule has 0 radical (unpaired) electrons. The average molecular weight is 382 g/mol.